The standard InChI is InChI=1S/C23H19ClF2N4O2/c24-21-20(3-1-8-27-21)22(31)28-18-4-6-19(7-5-18)30-10-2-9-29(23(30)32)14-15-11-16(25)13-17(26)12-15/h1,3-8,11-13H,2,9-10,14H2,(H,28,31). The fourth-order valence-electron chi connectivity index (χ4n) is 3.57. The second kappa shape index (κ2) is 9.32. The third-order valence-electron chi connectivity index (χ3n) is 5.05. The maximum absolute atomic E-state index is 13.5. The highest BCUT2D eigenvalue weighted by molar-refractivity contribution is 6.33. The van der Waals surface area contributed by atoms with E-state index in [9.17, 15) is 18.4 Å². The second-order valence-corrected chi connectivity index (χ2v) is 7.69. The monoisotopic (exact) mass is 456 g/mol. The molecule has 0 spiro atoms. The Kier molecular flexibility index (Phi) is 6.32. The largest absolute Gasteiger partial charge is 0.324 e. The lowest BCUT2D eigenvalue weighted by atomic mass is 10.1. The van der Waals surface area contributed by atoms with Crippen molar-refractivity contribution in [1.29, 1.82) is 0 Å². The highest BCUT2D eigenvalue weighted by Gasteiger charge is 2.27. The first-order valence-corrected chi connectivity index (χ1v) is 10.3. The fourth-order valence-corrected chi connectivity index (χ4v) is 3.77. The van der Waals surface area contributed by atoms with Crippen LogP contribution < -0.4 is 10.2 Å². The van der Waals surface area contributed by atoms with Crippen molar-refractivity contribution in [3.05, 3.63) is 88.7 Å². The Morgan fingerprint density at radius 3 is 2.47 bits per heavy atom. The number of nitrogens with zero attached hydrogens (tertiary/aromatic N) is 3. The molecule has 1 N–H and O–H groups in total. The minimum absolute atomic E-state index is 0.110. The van der Waals surface area contributed by atoms with E-state index in [1.165, 1.54) is 18.3 Å². The Morgan fingerprint density at radius 2 is 1.78 bits per heavy atom. The summed E-state index contributed by atoms with van der Waals surface area (Å²) in [7, 11) is 0. The number of hydrogen-bond acceptors (Lipinski definition) is 3. The van der Waals surface area contributed by atoms with E-state index in [-0.39, 0.29) is 23.3 Å². The fraction of sp³-hybridized carbons (Fsp3) is 0.174. The summed E-state index contributed by atoms with van der Waals surface area (Å²) < 4.78 is 27.0. The molecule has 164 valence electrons. The molecule has 1 saturated heterocycles. The van der Waals surface area contributed by atoms with Gasteiger partial charge in [-0.15, -0.1) is 0 Å². The van der Waals surface area contributed by atoms with Crippen LogP contribution in [0.3, 0.4) is 0 Å². The van der Waals surface area contributed by atoms with Crippen molar-refractivity contribution in [2.45, 2.75) is 13.0 Å². The van der Waals surface area contributed by atoms with Crippen molar-refractivity contribution in [3.8, 4) is 0 Å². The first-order valence-electron chi connectivity index (χ1n) is 9.94. The summed E-state index contributed by atoms with van der Waals surface area (Å²) in [6.45, 7) is 1.13. The number of aromatic nitrogens is 1. The molecule has 32 heavy (non-hydrogen) atoms. The van der Waals surface area contributed by atoms with Gasteiger partial charge in [0.25, 0.3) is 5.91 Å². The summed E-state index contributed by atoms with van der Waals surface area (Å²) >= 11 is 5.95. The van der Waals surface area contributed by atoms with Gasteiger partial charge in [0.15, 0.2) is 0 Å². The molecule has 3 amide bonds. The molecular formula is C23H19ClF2N4O2. The summed E-state index contributed by atoms with van der Waals surface area (Å²) in [5, 5.41) is 2.85. The Balaban J connectivity index is 1.44. The van der Waals surface area contributed by atoms with Crippen LogP contribution in [0.4, 0.5) is 25.0 Å². The number of anilines is 2. The Hall–Kier alpha value is -3.52. The van der Waals surface area contributed by atoms with Gasteiger partial charge in [0.1, 0.15) is 16.8 Å². The molecule has 9 heteroatoms. The lowest BCUT2D eigenvalue weighted by Crippen LogP contribution is -2.49. The van der Waals surface area contributed by atoms with Gasteiger partial charge < -0.3 is 10.2 Å². The average Bonchev–Trinajstić information content (AvgIpc) is 2.75. The molecule has 2 aromatic carbocycles. The number of halogens is 3. The van der Waals surface area contributed by atoms with E-state index in [1.54, 1.807) is 46.2 Å². The van der Waals surface area contributed by atoms with Crippen LogP contribution in [0.5, 0.6) is 0 Å². The zero-order valence-electron chi connectivity index (χ0n) is 16.9. The van der Waals surface area contributed by atoms with Crippen molar-refractivity contribution in [2.75, 3.05) is 23.3 Å². The van der Waals surface area contributed by atoms with Gasteiger partial charge in [-0.2, -0.15) is 0 Å². The van der Waals surface area contributed by atoms with E-state index in [4.69, 9.17) is 11.6 Å². The minimum atomic E-state index is -0.675. The van der Waals surface area contributed by atoms with E-state index < -0.39 is 17.5 Å². The number of rotatable bonds is 5. The summed E-state index contributed by atoms with van der Waals surface area (Å²) in [6.07, 6.45) is 2.21. The van der Waals surface area contributed by atoms with Crippen molar-refractivity contribution in [3.63, 3.8) is 0 Å². The molecule has 4 rings (SSSR count). The number of carbonyl (C=O) groups is 2. The van der Waals surface area contributed by atoms with Crippen molar-refractivity contribution in [2.24, 2.45) is 0 Å². The third kappa shape index (κ3) is 4.86. The quantitative estimate of drug-likeness (QED) is 0.543. The molecule has 3 aromatic rings. The summed E-state index contributed by atoms with van der Waals surface area (Å²) in [6, 6.07) is 13.0. The first-order chi connectivity index (χ1) is 15.4. The Bertz CT molecular complexity index is 1140. The van der Waals surface area contributed by atoms with Gasteiger partial charge >= 0.3 is 6.03 Å². The number of carbonyl (C=O) groups excluding carboxylic acids is 2. The van der Waals surface area contributed by atoms with Gasteiger partial charge in [0, 0.05) is 43.3 Å². The second-order valence-electron chi connectivity index (χ2n) is 7.33. The van der Waals surface area contributed by atoms with Crippen LogP contribution >= 0.6 is 11.6 Å². The molecule has 0 unspecified atom stereocenters. The number of pyridine rings is 1. The van der Waals surface area contributed by atoms with Crippen LogP contribution in [0.15, 0.2) is 60.8 Å². The average molecular weight is 457 g/mol. The van der Waals surface area contributed by atoms with Gasteiger partial charge in [-0.25, -0.2) is 18.6 Å². The molecule has 1 fully saturated rings. The van der Waals surface area contributed by atoms with Crippen LogP contribution in [0.1, 0.15) is 22.3 Å². The molecule has 1 aromatic heterocycles. The SMILES string of the molecule is O=C(Nc1ccc(N2CCCN(Cc3cc(F)cc(F)c3)C2=O)cc1)c1cccnc1Cl. The van der Waals surface area contributed by atoms with E-state index >= 15 is 0 Å². The predicted octanol–water partition coefficient (Wildman–Crippen LogP) is 5.10. The normalized spacial score (nSPS) is 13.9. The van der Waals surface area contributed by atoms with Gasteiger partial charge in [-0.1, -0.05) is 11.6 Å². The smallest absolute Gasteiger partial charge is 0.322 e. The van der Waals surface area contributed by atoms with Gasteiger partial charge in [-0.3, -0.25) is 9.69 Å². The van der Waals surface area contributed by atoms with Crippen LogP contribution in [0.25, 0.3) is 0 Å². The zero-order chi connectivity index (χ0) is 22.7. The molecule has 0 atom stereocenters. The first kappa shape index (κ1) is 21.7. The lowest BCUT2D eigenvalue weighted by molar-refractivity contribution is 0.102. The molecule has 0 aliphatic carbocycles. The molecule has 2 heterocycles. The summed E-state index contributed by atoms with van der Waals surface area (Å²) in [4.78, 5) is 32.4. The highest BCUT2D eigenvalue weighted by Crippen LogP contribution is 2.24. The highest BCUT2D eigenvalue weighted by atomic mass is 35.5. The van der Waals surface area contributed by atoms with Gasteiger partial charge in [0.05, 0.1) is 5.56 Å². The van der Waals surface area contributed by atoms with Crippen LogP contribution in [0, 0.1) is 11.6 Å². The Labute approximate surface area is 188 Å². The Morgan fingerprint density at radius 1 is 1.06 bits per heavy atom. The van der Waals surface area contributed by atoms with Crippen LogP contribution in [-0.2, 0) is 6.54 Å². The van der Waals surface area contributed by atoms with Crippen molar-refractivity contribution < 1.29 is 18.4 Å². The molecule has 1 aliphatic rings. The number of urea groups is 1. The molecule has 0 saturated carbocycles. The molecule has 0 radical (unpaired) electrons. The van der Waals surface area contributed by atoms with E-state index in [2.05, 4.69) is 10.3 Å². The van der Waals surface area contributed by atoms with E-state index in [1.807, 2.05) is 0 Å². The number of amides is 3. The summed E-state index contributed by atoms with van der Waals surface area (Å²) in [5.74, 6) is -1.74. The van der Waals surface area contributed by atoms with Crippen LogP contribution in [-0.4, -0.2) is 34.9 Å². The number of benzene rings is 2. The molecule has 1 aliphatic heterocycles. The van der Waals surface area contributed by atoms with E-state index in [0.717, 1.165) is 6.07 Å². The van der Waals surface area contributed by atoms with Gasteiger partial charge in [-0.05, 0) is 60.5 Å². The third-order valence-corrected chi connectivity index (χ3v) is 5.35. The van der Waals surface area contributed by atoms with E-state index in [0.29, 0.717) is 36.4 Å². The molecule has 6 nitrogen and oxygen atoms in total. The molecule has 0 bridgehead atoms. The minimum Gasteiger partial charge on any atom is -0.322 e. The van der Waals surface area contributed by atoms with Crippen molar-refractivity contribution in [1.82, 2.24) is 9.88 Å². The zero-order valence-corrected chi connectivity index (χ0v) is 17.6. The van der Waals surface area contributed by atoms with Crippen LogP contribution in [0.2, 0.25) is 5.15 Å². The lowest BCUT2D eigenvalue weighted by Gasteiger charge is -2.35. The van der Waals surface area contributed by atoms with Crippen molar-refractivity contribution >= 4 is 34.9 Å². The summed E-state index contributed by atoms with van der Waals surface area (Å²) in [5.41, 5.74) is 1.84. The van der Waals surface area contributed by atoms with Gasteiger partial charge in [0.2, 0.25) is 0 Å². The maximum Gasteiger partial charge on any atom is 0.324 e. The predicted molar refractivity (Wildman–Crippen MR) is 118 cm³/mol. The number of nitrogens with one attached hydrogen (secondary N) is 1. The maximum atomic E-state index is 13.5. The topological polar surface area (TPSA) is 65.5 Å². The number of hydrogen-bond donors (Lipinski definition) is 1. The molecular weight excluding hydrogens is 438 g/mol.